The highest BCUT2D eigenvalue weighted by molar-refractivity contribution is 7.91. The first-order valence-corrected chi connectivity index (χ1v) is 26.8. The lowest BCUT2D eigenvalue weighted by Gasteiger charge is -2.48. The lowest BCUT2D eigenvalue weighted by molar-refractivity contribution is -0.131. The van der Waals surface area contributed by atoms with Crippen LogP contribution in [-0.4, -0.2) is 102 Å². The third kappa shape index (κ3) is 13.6. The van der Waals surface area contributed by atoms with Gasteiger partial charge in [-0.3, -0.25) is 14.4 Å². The van der Waals surface area contributed by atoms with E-state index in [9.17, 15) is 37.4 Å². The van der Waals surface area contributed by atoms with Crippen molar-refractivity contribution < 1.29 is 51.6 Å². The van der Waals surface area contributed by atoms with Gasteiger partial charge < -0.3 is 44.9 Å². The highest BCUT2D eigenvalue weighted by Crippen LogP contribution is 2.50. The molecule has 16 heteroatoms. The Morgan fingerprint density at radius 1 is 0.836 bits per heavy atom. The molecule has 5 aromatic carbocycles. The molecule has 0 bridgehead atoms. The smallest absolute Gasteiger partial charge is 0.250 e. The maximum absolute atomic E-state index is 14.0. The van der Waals surface area contributed by atoms with Crippen LogP contribution in [-0.2, 0) is 45.0 Å². The maximum Gasteiger partial charge on any atom is 0.250 e. The summed E-state index contributed by atoms with van der Waals surface area (Å²) in [6.45, 7) is 4.54. The summed E-state index contributed by atoms with van der Waals surface area (Å²) >= 11 is 0. The Morgan fingerprint density at radius 3 is 2.19 bits per heavy atom. The van der Waals surface area contributed by atoms with E-state index in [0.29, 0.717) is 48.2 Å². The maximum atomic E-state index is 14.0. The number of nitrogens with one attached hydrogen (secondary N) is 2. The van der Waals surface area contributed by atoms with Crippen LogP contribution < -0.4 is 20.4 Å². The molecule has 390 valence electrons. The van der Waals surface area contributed by atoms with Gasteiger partial charge in [0.15, 0.2) is 9.84 Å². The first kappa shape index (κ1) is 54.8. The largest absolute Gasteiger partial charge is 0.392 e. The number of aliphatic hydroxyl groups is 2. The zero-order chi connectivity index (χ0) is 52.1. The number of aliphatic hydroxyl groups excluding tert-OH is 2. The van der Waals surface area contributed by atoms with Crippen molar-refractivity contribution in [3.05, 3.63) is 155 Å². The van der Waals surface area contributed by atoms with Crippen molar-refractivity contribution in [3.8, 4) is 0 Å². The number of fused-ring (bicyclic) bond motifs is 1. The van der Waals surface area contributed by atoms with Gasteiger partial charge in [-0.2, -0.15) is 0 Å². The number of amides is 3. The quantitative estimate of drug-likeness (QED) is 0.0326. The van der Waals surface area contributed by atoms with Crippen molar-refractivity contribution >= 4 is 44.6 Å². The molecule has 0 aromatic heterocycles. The van der Waals surface area contributed by atoms with Crippen LogP contribution in [0.1, 0.15) is 98.3 Å². The second-order valence-electron chi connectivity index (χ2n) is 19.3. The summed E-state index contributed by atoms with van der Waals surface area (Å²) in [5, 5.41) is 28.9. The van der Waals surface area contributed by atoms with E-state index in [4.69, 9.17) is 14.2 Å². The van der Waals surface area contributed by atoms with Crippen molar-refractivity contribution in [2.75, 3.05) is 74.6 Å². The van der Waals surface area contributed by atoms with Crippen LogP contribution in [0.4, 0.5) is 21.5 Å². The fraction of sp³-hybridized carbons (Fsp3) is 0.421. The molecule has 0 spiro atoms. The Balaban J connectivity index is 0.826. The lowest BCUT2D eigenvalue weighted by Crippen LogP contribution is -2.55. The summed E-state index contributed by atoms with van der Waals surface area (Å²) in [7, 11) is 0.0263. The molecule has 2 aliphatic heterocycles. The highest BCUT2D eigenvalue weighted by atomic mass is 32.2. The van der Waals surface area contributed by atoms with E-state index >= 15 is 0 Å². The van der Waals surface area contributed by atoms with E-state index in [0.717, 1.165) is 35.2 Å². The van der Waals surface area contributed by atoms with Crippen LogP contribution >= 0.6 is 0 Å². The molecule has 73 heavy (non-hydrogen) atoms. The van der Waals surface area contributed by atoms with Crippen molar-refractivity contribution in [2.24, 2.45) is 11.3 Å². The van der Waals surface area contributed by atoms with Crippen LogP contribution in [0.25, 0.3) is 0 Å². The number of carbonyl (C=O) groups is 3. The van der Waals surface area contributed by atoms with Crippen molar-refractivity contribution in [1.29, 1.82) is 0 Å². The number of nitrogens with zero attached hydrogens (tertiary/aromatic N) is 2. The van der Waals surface area contributed by atoms with Gasteiger partial charge in [-0.15, -0.1) is 0 Å². The fourth-order valence-electron chi connectivity index (χ4n) is 10.0. The summed E-state index contributed by atoms with van der Waals surface area (Å²) in [5.74, 6) is -2.37. The van der Waals surface area contributed by atoms with Crippen molar-refractivity contribution in [2.45, 2.75) is 88.0 Å². The lowest BCUT2D eigenvalue weighted by atomic mass is 9.69. The molecule has 2 heterocycles. The molecule has 5 aromatic rings. The molecule has 0 radical (unpaired) electrons. The molecule has 6 unspecified atom stereocenters. The topological polar surface area (TPSA) is 184 Å². The molecule has 1 fully saturated rings. The standard InChI is InChI=1S/C57H69FN4O10S/c1-5-7-28-57(6-2)38-73(68,69)50-27-24-46(61(3)4)34-48(50)53(55(57)66)42-14-11-15-44(33-42)60-52(65)37-72-32-30-70-29-31-71-36-51(64)59-35-39-16-18-41(19-17-39)54-47(25-26-49(63)40-12-9-8-10-13-40)56(67)62(54)45-22-20-43(58)21-23-45/h8-24,27,33-34,47,49,53-55,63,66H,5-7,25-26,28-32,35-38H2,1-4H3,(H,59,64)(H,60,65). The van der Waals surface area contributed by atoms with Crippen LogP contribution in [0, 0.1) is 17.2 Å². The van der Waals surface area contributed by atoms with Crippen molar-refractivity contribution in [3.63, 3.8) is 0 Å². The van der Waals surface area contributed by atoms with Crippen LogP contribution in [0.15, 0.2) is 126 Å². The number of rotatable bonds is 25. The van der Waals surface area contributed by atoms with Crippen LogP contribution in [0.3, 0.4) is 0 Å². The Hall–Kier alpha value is -6.01. The number of ether oxygens (including phenoxy) is 3. The molecular weight excluding hydrogens is 952 g/mol. The first-order chi connectivity index (χ1) is 35.1. The molecule has 14 nitrogen and oxygen atoms in total. The van der Waals surface area contributed by atoms with Crippen LogP contribution in [0.5, 0.6) is 0 Å². The zero-order valence-electron chi connectivity index (χ0n) is 42.2. The molecule has 3 amide bonds. The summed E-state index contributed by atoms with van der Waals surface area (Å²) in [5.41, 5.74) is 4.78. The first-order valence-electron chi connectivity index (χ1n) is 25.2. The second kappa shape index (κ2) is 25.3. The molecule has 6 atom stereocenters. The number of halogens is 1. The van der Waals surface area contributed by atoms with E-state index < -0.39 is 45.1 Å². The van der Waals surface area contributed by atoms with Gasteiger partial charge in [-0.25, -0.2) is 12.8 Å². The molecule has 2 aliphatic rings. The normalized spacial score (nSPS) is 20.6. The van der Waals surface area contributed by atoms with Gasteiger partial charge in [0, 0.05) is 49.0 Å². The number of sulfone groups is 1. The van der Waals surface area contributed by atoms with Gasteiger partial charge in [0.25, 0.3) is 0 Å². The third-order valence-electron chi connectivity index (χ3n) is 14.1. The molecule has 0 aliphatic carbocycles. The number of β-lactam (4-membered cyclic amide) rings is 1. The summed E-state index contributed by atoms with van der Waals surface area (Å²) in [6, 6.07) is 35.0. The average molecular weight is 1020 g/mol. The monoisotopic (exact) mass is 1020 g/mol. The molecule has 1 saturated heterocycles. The third-order valence-corrected chi connectivity index (χ3v) is 16.1. The summed E-state index contributed by atoms with van der Waals surface area (Å²) < 4.78 is 58.5. The van der Waals surface area contributed by atoms with E-state index in [1.54, 1.807) is 47.4 Å². The van der Waals surface area contributed by atoms with Gasteiger partial charge in [0.05, 0.1) is 61.2 Å². The number of hydrogen-bond acceptors (Lipinski definition) is 11. The van der Waals surface area contributed by atoms with E-state index in [2.05, 4.69) is 17.6 Å². The summed E-state index contributed by atoms with van der Waals surface area (Å²) in [4.78, 5) is 42.9. The number of carbonyl (C=O) groups excluding carboxylic acids is 3. The minimum atomic E-state index is -3.75. The highest BCUT2D eigenvalue weighted by Gasteiger charge is 2.50. The second-order valence-corrected chi connectivity index (χ2v) is 21.2. The Labute approximate surface area is 428 Å². The minimum absolute atomic E-state index is 0.0866. The fourth-order valence-corrected chi connectivity index (χ4v) is 12.3. The van der Waals surface area contributed by atoms with Gasteiger partial charge in [-0.05, 0) is 108 Å². The number of anilines is 3. The predicted octanol–water partition coefficient (Wildman–Crippen LogP) is 8.28. The molecular formula is C57H69FN4O10S. The average Bonchev–Trinajstić information content (AvgIpc) is 3.46. The van der Waals surface area contributed by atoms with Gasteiger partial charge >= 0.3 is 0 Å². The molecule has 7 rings (SSSR count). The van der Waals surface area contributed by atoms with Gasteiger partial charge in [0.1, 0.15) is 19.0 Å². The number of hydrogen-bond donors (Lipinski definition) is 4. The number of unbranched alkanes of at least 4 members (excludes halogenated alkanes) is 1. The Bertz CT molecular complexity index is 2740. The Morgan fingerprint density at radius 2 is 1.52 bits per heavy atom. The number of benzene rings is 5. The van der Waals surface area contributed by atoms with Crippen molar-refractivity contribution in [1.82, 2.24) is 5.32 Å². The zero-order valence-corrected chi connectivity index (χ0v) is 43.0. The predicted molar refractivity (Wildman–Crippen MR) is 279 cm³/mol. The Kier molecular flexibility index (Phi) is 19.0. The van der Waals surface area contributed by atoms with Crippen LogP contribution in [0.2, 0.25) is 0 Å². The van der Waals surface area contributed by atoms with Gasteiger partial charge in [-0.1, -0.05) is 93.4 Å². The van der Waals surface area contributed by atoms with Gasteiger partial charge in [0.2, 0.25) is 17.7 Å². The molecule has 0 saturated carbocycles. The SMILES string of the molecule is CCCCC1(CC)CS(=O)(=O)c2ccc(N(C)C)cc2C(c2cccc(NC(=O)COCCOCCOCC(=O)NCc3ccc(C4C(CCC(O)c5ccccc5)C(=O)N4c4ccc(F)cc4)cc3)c2)C1O. The van der Waals surface area contributed by atoms with E-state index in [1.807, 2.05) is 92.6 Å². The molecule has 4 N–H and O–H groups in total. The summed E-state index contributed by atoms with van der Waals surface area (Å²) in [6.07, 6.45) is 1.86. The van der Waals surface area contributed by atoms with E-state index in [-0.39, 0.29) is 80.6 Å². The van der Waals surface area contributed by atoms with E-state index in [1.165, 1.54) is 12.1 Å². The minimum Gasteiger partial charge on any atom is -0.392 e.